The summed E-state index contributed by atoms with van der Waals surface area (Å²) < 4.78 is 0. The molecule has 6 heteroatoms. The zero-order valence-corrected chi connectivity index (χ0v) is 19.4. The van der Waals surface area contributed by atoms with Crippen molar-refractivity contribution >= 4 is 17.4 Å². The Hall–Kier alpha value is -2.63. The number of carbonyl (C=O) groups is 2. The molecule has 0 radical (unpaired) electrons. The summed E-state index contributed by atoms with van der Waals surface area (Å²) in [6, 6.07) is 2.15. The number of nitrogens with zero attached hydrogens (tertiary/aromatic N) is 2. The van der Waals surface area contributed by atoms with Crippen molar-refractivity contribution in [3.05, 3.63) is 45.2 Å². The van der Waals surface area contributed by atoms with Crippen LogP contribution in [0.25, 0.3) is 0 Å². The van der Waals surface area contributed by atoms with Gasteiger partial charge in [0, 0.05) is 32.4 Å². The van der Waals surface area contributed by atoms with Gasteiger partial charge in [-0.15, -0.1) is 0 Å². The molecule has 1 saturated heterocycles. The van der Waals surface area contributed by atoms with Gasteiger partial charge >= 0.3 is 0 Å². The van der Waals surface area contributed by atoms with Gasteiger partial charge in [0.05, 0.1) is 11.3 Å². The summed E-state index contributed by atoms with van der Waals surface area (Å²) in [6.45, 7) is 11.8. The third-order valence-electron chi connectivity index (χ3n) is 6.49. The highest BCUT2D eigenvalue weighted by Gasteiger charge is 2.33. The first-order valence-electron chi connectivity index (χ1n) is 11.3. The van der Waals surface area contributed by atoms with Crippen LogP contribution in [0.5, 0.6) is 0 Å². The quantitative estimate of drug-likeness (QED) is 0.502. The average Bonchev–Trinajstić information content (AvgIpc) is 3.11. The van der Waals surface area contributed by atoms with E-state index >= 15 is 0 Å². The lowest BCUT2D eigenvalue weighted by Crippen LogP contribution is -2.27. The standard InChI is InChI=1S/C25H34N2O4/c1-6-20(26-31-7-2)25-21(28)12-18(13-22(25)29)24-16(4)11-15(3)19(17(24)5)14-27-10-8-9-23(27)30/h11,18,28H,6-10,12-14H2,1-5H3. The van der Waals surface area contributed by atoms with Crippen molar-refractivity contribution in [1.82, 2.24) is 4.90 Å². The number of amides is 1. The molecule has 1 fully saturated rings. The minimum atomic E-state index is -0.0929. The van der Waals surface area contributed by atoms with Gasteiger partial charge in [0.1, 0.15) is 12.4 Å². The lowest BCUT2D eigenvalue weighted by atomic mass is 9.76. The average molecular weight is 427 g/mol. The van der Waals surface area contributed by atoms with Crippen LogP contribution in [0.15, 0.2) is 22.6 Å². The predicted octanol–water partition coefficient (Wildman–Crippen LogP) is 4.80. The fourth-order valence-corrected chi connectivity index (χ4v) is 5.03. The SMILES string of the molecule is CCON=C(CC)C1=C(O)CC(c2c(C)cc(C)c(CN3CCCC3=O)c2C)CC1=O. The maximum atomic E-state index is 13.0. The summed E-state index contributed by atoms with van der Waals surface area (Å²) in [5.41, 5.74) is 6.52. The number of aliphatic hydroxyl groups is 1. The Morgan fingerprint density at radius 3 is 2.52 bits per heavy atom. The van der Waals surface area contributed by atoms with Gasteiger partial charge in [-0.3, -0.25) is 9.59 Å². The second-order valence-corrected chi connectivity index (χ2v) is 8.61. The number of ketones is 1. The topological polar surface area (TPSA) is 79.2 Å². The molecule has 6 nitrogen and oxygen atoms in total. The molecule has 1 heterocycles. The highest BCUT2D eigenvalue weighted by molar-refractivity contribution is 6.23. The summed E-state index contributed by atoms with van der Waals surface area (Å²) in [4.78, 5) is 32.3. The largest absolute Gasteiger partial charge is 0.511 e. The maximum Gasteiger partial charge on any atom is 0.222 e. The van der Waals surface area contributed by atoms with E-state index in [0.29, 0.717) is 50.1 Å². The molecule has 1 aliphatic carbocycles. The number of allylic oxidation sites excluding steroid dienone is 2. The van der Waals surface area contributed by atoms with Crippen molar-refractivity contribution in [2.75, 3.05) is 13.2 Å². The van der Waals surface area contributed by atoms with Crippen LogP contribution in [0.2, 0.25) is 0 Å². The number of carbonyl (C=O) groups excluding carboxylic acids is 2. The third kappa shape index (κ3) is 4.68. The van der Waals surface area contributed by atoms with Gasteiger partial charge in [0.2, 0.25) is 5.91 Å². The minimum Gasteiger partial charge on any atom is -0.511 e. The van der Waals surface area contributed by atoms with Crippen LogP contribution in [0.1, 0.15) is 79.7 Å². The molecule has 0 spiro atoms. The van der Waals surface area contributed by atoms with Crippen LogP contribution in [-0.2, 0) is 21.0 Å². The molecule has 1 aliphatic heterocycles. The van der Waals surface area contributed by atoms with E-state index in [1.165, 1.54) is 0 Å². The van der Waals surface area contributed by atoms with E-state index in [-0.39, 0.29) is 23.4 Å². The Bertz CT molecular complexity index is 945. The first-order valence-corrected chi connectivity index (χ1v) is 11.3. The van der Waals surface area contributed by atoms with Crippen LogP contribution in [-0.4, -0.2) is 40.6 Å². The molecule has 1 atom stereocenters. The van der Waals surface area contributed by atoms with Crippen molar-refractivity contribution < 1.29 is 19.5 Å². The number of hydrogen-bond acceptors (Lipinski definition) is 5. The van der Waals surface area contributed by atoms with E-state index in [1.807, 2.05) is 18.7 Å². The number of benzene rings is 1. The molecule has 1 aromatic rings. The number of aliphatic hydroxyl groups excluding tert-OH is 1. The Labute approximate surface area is 185 Å². The molecule has 1 aromatic carbocycles. The van der Waals surface area contributed by atoms with Gasteiger partial charge in [0.25, 0.3) is 0 Å². The number of likely N-dealkylation sites (tertiary alicyclic amines) is 1. The number of rotatable bonds is 7. The zero-order valence-electron chi connectivity index (χ0n) is 19.4. The third-order valence-corrected chi connectivity index (χ3v) is 6.49. The Kier molecular flexibility index (Phi) is 7.19. The Morgan fingerprint density at radius 2 is 1.94 bits per heavy atom. The van der Waals surface area contributed by atoms with Crippen LogP contribution in [0.4, 0.5) is 0 Å². The first-order chi connectivity index (χ1) is 14.8. The predicted molar refractivity (Wildman–Crippen MR) is 121 cm³/mol. The van der Waals surface area contributed by atoms with Crippen LogP contribution in [0.3, 0.4) is 0 Å². The van der Waals surface area contributed by atoms with Gasteiger partial charge in [-0.1, -0.05) is 18.1 Å². The minimum absolute atomic E-state index is 0.0879. The number of hydrogen-bond donors (Lipinski definition) is 1. The molecule has 168 valence electrons. The highest BCUT2D eigenvalue weighted by atomic mass is 16.6. The fraction of sp³-hybridized carbons (Fsp3) is 0.560. The molecule has 31 heavy (non-hydrogen) atoms. The molecule has 1 unspecified atom stereocenters. The smallest absolute Gasteiger partial charge is 0.222 e. The summed E-state index contributed by atoms with van der Waals surface area (Å²) in [5, 5.41) is 14.9. The van der Waals surface area contributed by atoms with Gasteiger partial charge in [-0.2, -0.15) is 0 Å². The molecule has 3 rings (SSSR count). The monoisotopic (exact) mass is 426 g/mol. The van der Waals surface area contributed by atoms with E-state index in [0.717, 1.165) is 40.8 Å². The normalized spacial score (nSPS) is 20.1. The molecule has 0 aromatic heterocycles. The number of oxime groups is 1. The zero-order chi connectivity index (χ0) is 22.7. The van der Waals surface area contributed by atoms with Crippen molar-refractivity contribution in [2.45, 2.75) is 79.2 Å². The van der Waals surface area contributed by atoms with E-state index in [4.69, 9.17) is 4.84 Å². The van der Waals surface area contributed by atoms with Crippen LogP contribution in [0, 0.1) is 20.8 Å². The Balaban J connectivity index is 1.95. The van der Waals surface area contributed by atoms with Crippen molar-refractivity contribution in [3.8, 4) is 0 Å². The van der Waals surface area contributed by atoms with Crippen LogP contribution >= 0.6 is 0 Å². The molecule has 0 saturated carbocycles. The molecule has 1 amide bonds. The second kappa shape index (κ2) is 9.67. The molecule has 1 N–H and O–H groups in total. The van der Waals surface area contributed by atoms with Crippen molar-refractivity contribution in [3.63, 3.8) is 0 Å². The van der Waals surface area contributed by atoms with Crippen molar-refractivity contribution in [2.24, 2.45) is 5.16 Å². The molecule has 0 bridgehead atoms. The van der Waals surface area contributed by atoms with Gasteiger partial charge < -0.3 is 14.8 Å². The second-order valence-electron chi connectivity index (χ2n) is 8.61. The van der Waals surface area contributed by atoms with Gasteiger partial charge in [-0.25, -0.2) is 0 Å². The number of Topliss-reactive ketones (excluding diaryl/α,β-unsaturated/α-hetero) is 1. The summed E-state index contributed by atoms with van der Waals surface area (Å²) in [5.74, 6) is 0.122. The van der Waals surface area contributed by atoms with E-state index < -0.39 is 0 Å². The maximum absolute atomic E-state index is 13.0. The first kappa shape index (κ1) is 23.0. The van der Waals surface area contributed by atoms with E-state index in [2.05, 4.69) is 32.0 Å². The molecular formula is C25H34N2O4. The number of aryl methyl sites for hydroxylation is 2. The van der Waals surface area contributed by atoms with E-state index in [1.54, 1.807) is 0 Å². The van der Waals surface area contributed by atoms with Crippen LogP contribution < -0.4 is 0 Å². The fourth-order valence-electron chi connectivity index (χ4n) is 5.03. The van der Waals surface area contributed by atoms with Crippen molar-refractivity contribution in [1.29, 1.82) is 0 Å². The van der Waals surface area contributed by atoms with Gasteiger partial charge in [0.15, 0.2) is 5.78 Å². The van der Waals surface area contributed by atoms with Gasteiger partial charge in [-0.05, 0) is 74.3 Å². The molecular weight excluding hydrogens is 392 g/mol. The lowest BCUT2D eigenvalue weighted by molar-refractivity contribution is -0.128. The lowest BCUT2D eigenvalue weighted by Gasteiger charge is -2.29. The Morgan fingerprint density at radius 1 is 1.19 bits per heavy atom. The summed E-state index contributed by atoms with van der Waals surface area (Å²) in [6.07, 6.45) is 2.79. The summed E-state index contributed by atoms with van der Waals surface area (Å²) in [7, 11) is 0. The highest BCUT2D eigenvalue weighted by Crippen LogP contribution is 2.39. The summed E-state index contributed by atoms with van der Waals surface area (Å²) >= 11 is 0. The molecule has 2 aliphatic rings. The van der Waals surface area contributed by atoms with E-state index in [9.17, 15) is 14.7 Å².